The summed E-state index contributed by atoms with van der Waals surface area (Å²) >= 11 is 0. The van der Waals surface area contributed by atoms with Gasteiger partial charge in [0, 0.05) is 6.42 Å². The van der Waals surface area contributed by atoms with Crippen molar-refractivity contribution in [2.45, 2.75) is 31.2 Å². The van der Waals surface area contributed by atoms with Crippen molar-refractivity contribution in [3.8, 4) is 0 Å². The molecule has 1 aliphatic heterocycles. The average molecular weight is 172 g/mol. The summed E-state index contributed by atoms with van der Waals surface area (Å²) in [4.78, 5) is 0. The zero-order valence-corrected chi connectivity index (χ0v) is 8.55. The van der Waals surface area contributed by atoms with Gasteiger partial charge in [0.05, 0.1) is 12.9 Å². The van der Waals surface area contributed by atoms with Crippen molar-refractivity contribution in [2.75, 3.05) is 6.61 Å². The van der Waals surface area contributed by atoms with Crippen LogP contribution in [-0.2, 0) is 9.47 Å². The SMILES string of the molecule is C=COC1([SiH2]C)CCCCO1. The van der Waals surface area contributed by atoms with Gasteiger partial charge in [-0.25, -0.2) is 0 Å². The summed E-state index contributed by atoms with van der Waals surface area (Å²) in [6, 6.07) is 0. The Morgan fingerprint density at radius 3 is 2.91 bits per heavy atom. The quantitative estimate of drug-likeness (QED) is 0.471. The molecule has 1 fully saturated rings. The lowest BCUT2D eigenvalue weighted by molar-refractivity contribution is -0.169. The van der Waals surface area contributed by atoms with E-state index in [2.05, 4.69) is 13.1 Å². The fourth-order valence-corrected chi connectivity index (χ4v) is 2.67. The monoisotopic (exact) mass is 172 g/mol. The first-order chi connectivity index (χ1) is 5.33. The van der Waals surface area contributed by atoms with Crippen molar-refractivity contribution in [1.82, 2.24) is 0 Å². The average Bonchev–Trinajstić information content (AvgIpc) is 2.07. The molecular formula is C8H16O2Si. The van der Waals surface area contributed by atoms with Gasteiger partial charge in [0.15, 0.2) is 5.41 Å². The summed E-state index contributed by atoms with van der Waals surface area (Å²) in [5.74, 6) is 0. The van der Waals surface area contributed by atoms with Crippen LogP contribution in [0, 0.1) is 0 Å². The second-order valence-electron chi connectivity index (χ2n) is 2.85. The minimum atomic E-state index is -0.265. The van der Waals surface area contributed by atoms with Crippen LogP contribution in [0.25, 0.3) is 0 Å². The summed E-state index contributed by atoms with van der Waals surface area (Å²) in [7, 11) is -0.265. The highest BCUT2D eigenvalue weighted by molar-refractivity contribution is 6.37. The molecule has 3 heteroatoms. The Bertz CT molecular complexity index is 130. The lowest BCUT2D eigenvalue weighted by Crippen LogP contribution is -2.42. The molecule has 0 N–H and O–H groups in total. The Morgan fingerprint density at radius 2 is 2.45 bits per heavy atom. The van der Waals surface area contributed by atoms with E-state index in [1.165, 1.54) is 19.1 Å². The zero-order valence-electron chi connectivity index (χ0n) is 7.14. The van der Waals surface area contributed by atoms with Crippen molar-refractivity contribution in [2.24, 2.45) is 0 Å². The maximum Gasteiger partial charge on any atom is 0.182 e. The van der Waals surface area contributed by atoms with Crippen molar-refractivity contribution < 1.29 is 9.47 Å². The third-order valence-electron chi connectivity index (χ3n) is 2.15. The standard InChI is InChI=1S/C8H16O2Si/c1-3-9-8(11-2)6-4-5-7-10-8/h3H,1,4-7,11H2,2H3. The van der Waals surface area contributed by atoms with Crippen LogP contribution in [0.2, 0.25) is 6.55 Å². The fraction of sp³-hybridized carbons (Fsp3) is 0.750. The van der Waals surface area contributed by atoms with Crippen LogP contribution in [0.15, 0.2) is 12.8 Å². The van der Waals surface area contributed by atoms with Gasteiger partial charge in [0.25, 0.3) is 0 Å². The highest BCUT2D eigenvalue weighted by Crippen LogP contribution is 2.25. The summed E-state index contributed by atoms with van der Waals surface area (Å²) in [5, 5.41) is 0. The molecule has 1 atom stereocenters. The van der Waals surface area contributed by atoms with Crippen LogP contribution in [0.3, 0.4) is 0 Å². The molecule has 1 heterocycles. The first kappa shape index (κ1) is 8.81. The van der Waals surface area contributed by atoms with Crippen molar-refractivity contribution >= 4 is 9.52 Å². The van der Waals surface area contributed by atoms with Crippen LogP contribution in [-0.4, -0.2) is 21.5 Å². The number of rotatable bonds is 3. The topological polar surface area (TPSA) is 18.5 Å². The third-order valence-corrected chi connectivity index (χ3v) is 3.96. The van der Waals surface area contributed by atoms with Gasteiger partial charge in [-0.3, -0.25) is 0 Å². The summed E-state index contributed by atoms with van der Waals surface area (Å²) in [6.45, 7) is 6.64. The van der Waals surface area contributed by atoms with Gasteiger partial charge >= 0.3 is 0 Å². The molecule has 2 nitrogen and oxygen atoms in total. The largest absolute Gasteiger partial charge is 0.475 e. The smallest absolute Gasteiger partial charge is 0.182 e. The molecule has 0 spiro atoms. The molecule has 0 amide bonds. The maximum absolute atomic E-state index is 5.62. The van der Waals surface area contributed by atoms with Crippen LogP contribution in [0.4, 0.5) is 0 Å². The highest BCUT2D eigenvalue weighted by Gasteiger charge is 2.31. The molecule has 0 saturated carbocycles. The van der Waals surface area contributed by atoms with Gasteiger partial charge in [0.2, 0.25) is 0 Å². The van der Waals surface area contributed by atoms with E-state index in [-0.39, 0.29) is 14.9 Å². The van der Waals surface area contributed by atoms with Crippen LogP contribution < -0.4 is 0 Å². The van der Waals surface area contributed by atoms with E-state index < -0.39 is 0 Å². The number of hydrogen-bond acceptors (Lipinski definition) is 2. The first-order valence-electron chi connectivity index (χ1n) is 4.26. The van der Waals surface area contributed by atoms with E-state index in [0.717, 1.165) is 13.0 Å². The van der Waals surface area contributed by atoms with E-state index in [1.807, 2.05) is 0 Å². The van der Waals surface area contributed by atoms with E-state index in [0.29, 0.717) is 0 Å². The van der Waals surface area contributed by atoms with Gasteiger partial charge in [-0.2, -0.15) is 0 Å². The highest BCUT2D eigenvalue weighted by atomic mass is 28.2. The Labute approximate surface area is 70.4 Å². The Morgan fingerprint density at radius 1 is 1.64 bits per heavy atom. The van der Waals surface area contributed by atoms with Crippen LogP contribution in [0.1, 0.15) is 19.3 Å². The molecule has 0 aromatic rings. The summed E-state index contributed by atoms with van der Waals surface area (Å²) in [5.41, 5.74) is -0.208. The van der Waals surface area contributed by atoms with Crippen LogP contribution >= 0.6 is 0 Å². The van der Waals surface area contributed by atoms with Gasteiger partial charge < -0.3 is 9.47 Å². The molecule has 0 aromatic heterocycles. The molecule has 1 rings (SSSR count). The van der Waals surface area contributed by atoms with E-state index >= 15 is 0 Å². The molecular weight excluding hydrogens is 156 g/mol. The summed E-state index contributed by atoms with van der Waals surface area (Å²) < 4.78 is 11.0. The van der Waals surface area contributed by atoms with Crippen molar-refractivity contribution in [3.63, 3.8) is 0 Å². The van der Waals surface area contributed by atoms with Crippen LogP contribution in [0.5, 0.6) is 0 Å². The fourth-order valence-electron chi connectivity index (χ4n) is 1.43. The van der Waals surface area contributed by atoms with E-state index in [1.54, 1.807) is 0 Å². The normalized spacial score (nSPS) is 32.5. The van der Waals surface area contributed by atoms with Gasteiger partial charge in [-0.1, -0.05) is 13.1 Å². The summed E-state index contributed by atoms with van der Waals surface area (Å²) in [6.07, 6.45) is 4.98. The maximum atomic E-state index is 5.62. The Balaban J connectivity index is 2.49. The second kappa shape index (κ2) is 3.92. The minimum absolute atomic E-state index is 0.208. The molecule has 64 valence electrons. The van der Waals surface area contributed by atoms with Crippen molar-refractivity contribution in [3.05, 3.63) is 12.8 Å². The second-order valence-corrected chi connectivity index (χ2v) is 4.64. The molecule has 1 saturated heterocycles. The van der Waals surface area contributed by atoms with Gasteiger partial charge in [0.1, 0.15) is 9.52 Å². The van der Waals surface area contributed by atoms with E-state index in [4.69, 9.17) is 9.47 Å². The lowest BCUT2D eigenvalue weighted by atomic mass is 10.2. The first-order valence-corrected chi connectivity index (χ1v) is 6.38. The molecule has 1 unspecified atom stereocenters. The number of ether oxygens (including phenoxy) is 2. The Kier molecular flexibility index (Phi) is 3.14. The van der Waals surface area contributed by atoms with Crippen molar-refractivity contribution in [1.29, 1.82) is 0 Å². The molecule has 0 aliphatic carbocycles. The predicted molar refractivity (Wildman–Crippen MR) is 48.2 cm³/mol. The molecule has 11 heavy (non-hydrogen) atoms. The molecule has 0 bridgehead atoms. The number of hydrogen-bond donors (Lipinski definition) is 0. The zero-order chi connectivity index (χ0) is 8.16. The minimum Gasteiger partial charge on any atom is -0.475 e. The predicted octanol–water partition coefficient (Wildman–Crippen LogP) is 1.22. The lowest BCUT2D eigenvalue weighted by Gasteiger charge is -2.35. The van der Waals surface area contributed by atoms with Gasteiger partial charge in [-0.15, -0.1) is 0 Å². The van der Waals surface area contributed by atoms with E-state index in [9.17, 15) is 0 Å². The van der Waals surface area contributed by atoms with Gasteiger partial charge in [-0.05, 0) is 12.8 Å². The molecule has 0 radical (unpaired) electrons. The molecule has 0 aromatic carbocycles. The Hall–Kier alpha value is -0.283. The third kappa shape index (κ3) is 2.07. The molecule has 1 aliphatic rings.